The summed E-state index contributed by atoms with van der Waals surface area (Å²) in [6, 6.07) is 8.78. The third-order valence-corrected chi connectivity index (χ3v) is 3.87. The SMILES string of the molecule is C1=CC(CCN2CCNCC2)c2ccccc21. The van der Waals surface area contributed by atoms with Crippen LogP contribution in [0.1, 0.15) is 23.5 Å². The normalized spacial score (nSPS) is 23.9. The summed E-state index contributed by atoms with van der Waals surface area (Å²) >= 11 is 0. The van der Waals surface area contributed by atoms with E-state index >= 15 is 0 Å². The molecule has 3 rings (SSSR count). The summed E-state index contributed by atoms with van der Waals surface area (Å²) in [5, 5.41) is 3.40. The number of hydrogen-bond donors (Lipinski definition) is 1. The predicted octanol–water partition coefficient (Wildman–Crippen LogP) is 2.09. The minimum absolute atomic E-state index is 0.640. The van der Waals surface area contributed by atoms with Gasteiger partial charge in [-0.2, -0.15) is 0 Å². The Morgan fingerprint density at radius 2 is 2.00 bits per heavy atom. The number of allylic oxidation sites excluding steroid dienone is 1. The molecule has 0 spiro atoms. The largest absolute Gasteiger partial charge is 0.314 e. The van der Waals surface area contributed by atoms with Crippen molar-refractivity contribution in [3.05, 3.63) is 41.5 Å². The number of hydrogen-bond acceptors (Lipinski definition) is 2. The van der Waals surface area contributed by atoms with E-state index in [2.05, 4.69) is 46.6 Å². The van der Waals surface area contributed by atoms with Gasteiger partial charge in [0.25, 0.3) is 0 Å². The van der Waals surface area contributed by atoms with E-state index in [1.54, 1.807) is 0 Å². The van der Waals surface area contributed by atoms with Crippen LogP contribution in [0, 0.1) is 0 Å². The summed E-state index contributed by atoms with van der Waals surface area (Å²) in [5.74, 6) is 0.640. The highest BCUT2D eigenvalue weighted by atomic mass is 15.2. The van der Waals surface area contributed by atoms with Crippen LogP contribution in [-0.2, 0) is 0 Å². The van der Waals surface area contributed by atoms with Gasteiger partial charge in [-0.1, -0.05) is 36.4 Å². The lowest BCUT2D eigenvalue weighted by molar-refractivity contribution is 0.236. The molecule has 90 valence electrons. The molecule has 17 heavy (non-hydrogen) atoms. The van der Waals surface area contributed by atoms with Gasteiger partial charge in [-0.25, -0.2) is 0 Å². The summed E-state index contributed by atoms with van der Waals surface area (Å²) in [7, 11) is 0. The molecule has 0 saturated carbocycles. The number of benzene rings is 1. The Balaban J connectivity index is 1.58. The van der Waals surface area contributed by atoms with Crippen LogP contribution in [0.15, 0.2) is 30.3 Å². The van der Waals surface area contributed by atoms with E-state index in [0.717, 1.165) is 13.1 Å². The third kappa shape index (κ3) is 2.43. The Morgan fingerprint density at radius 1 is 1.18 bits per heavy atom. The van der Waals surface area contributed by atoms with Crippen LogP contribution in [0.4, 0.5) is 0 Å². The zero-order chi connectivity index (χ0) is 11.5. The second-order valence-corrected chi connectivity index (χ2v) is 4.97. The van der Waals surface area contributed by atoms with Crippen molar-refractivity contribution in [1.29, 1.82) is 0 Å². The molecule has 1 aliphatic heterocycles. The van der Waals surface area contributed by atoms with Gasteiger partial charge in [-0.15, -0.1) is 0 Å². The molecule has 1 N–H and O–H groups in total. The van der Waals surface area contributed by atoms with Gasteiger partial charge in [0.05, 0.1) is 0 Å². The maximum absolute atomic E-state index is 3.40. The van der Waals surface area contributed by atoms with Crippen molar-refractivity contribution in [1.82, 2.24) is 10.2 Å². The smallest absolute Gasteiger partial charge is 0.0107 e. The second-order valence-electron chi connectivity index (χ2n) is 4.97. The second kappa shape index (κ2) is 5.03. The monoisotopic (exact) mass is 228 g/mol. The highest BCUT2D eigenvalue weighted by Crippen LogP contribution is 2.32. The maximum Gasteiger partial charge on any atom is 0.0107 e. The molecule has 1 unspecified atom stereocenters. The number of rotatable bonds is 3. The number of piperazine rings is 1. The van der Waals surface area contributed by atoms with Crippen LogP contribution in [0.25, 0.3) is 6.08 Å². The fraction of sp³-hybridized carbons (Fsp3) is 0.467. The number of nitrogens with one attached hydrogen (secondary N) is 1. The highest BCUT2D eigenvalue weighted by molar-refractivity contribution is 5.62. The molecule has 1 saturated heterocycles. The van der Waals surface area contributed by atoms with Gasteiger partial charge in [-0.05, 0) is 24.1 Å². The average Bonchev–Trinajstić information content (AvgIpc) is 2.81. The van der Waals surface area contributed by atoms with Crippen LogP contribution < -0.4 is 5.32 Å². The lowest BCUT2D eigenvalue weighted by Crippen LogP contribution is -2.43. The quantitative estimate of drug-likeness (QED) is 0.852. The van der Waals surface area contributed by atoms with Crippen molar-refractivity contribution in [3.8, 4) is 0 Å². The molecule has 1 aliphatic carbocycles. The Labute approximate surface area is 103 Å². The first kappa shape index (κ1) is 11.0. The van der Waals surface area contributed by atoms with Gasteiger partial charge >= 0.3 is 0 Å². The van der Waals surface area contributed by atoms with Gasteiger partial charge in [0.1, 0.15) is 0 Å². The Kier molecular flexibility index (Phi) is 3.25. The zero-order valence-corrected chi connectivity index (χ0v) is 10.2. The molecular formula is C15H20N2. The van der Waals surface area contributed by atoms with Crippen molar-refractivity contribution in [2.75, 3.05) is 32.7 Å². The van der Waals surface area contributed by atoms with E-state index in [0.29, 0.717) is 5.92 Å². The zero-order valence-electron chi connectivity index (χ0n) is 10.2. The minimum Gasteiger partial charge on any atom is -0.314 e. The average molecular weight is 228 g/mol. The van der Waals surface area contributed by atoms with E-state index in [9.17, 15) is 0 Å². The fourth-order valence-electron chi connectivity index (χ4n) is 2.83. The molecule has 2 nitrogen and oxygen atoms in total. The van der Waals surface area contributed by atoms with E-state index in [-0.39, 0.29) is 0 Å². The van der Waals surface area contributed by atoms with E-state index in [1.807, 2.05) is 0 Å². The van der Waals surface area contributed by atoms with Gasteiger partial charge in [0.2, 0.25) is 0 Å². The molecule has 2 aliphatic rings. The van der Waals surface area contributed by atoms with Crippen LogP contribution in [0.5, 0.6) is 0 Å². The lowest BCUT2D eigenvalue weighted by Gasteiger charge is -2.28. The molecule has 1 atom stereocenters. The standard InChI is InChI=1S/C15H20N2/c1-2-4-15-13(3-1)5-6-14(15)7-10-17-11-8-16-9-12-17/h1-6,14,16H,7-12H2. The third-order valence-electron chi connectivity index (χ3n) is 3.87. The summed E-state index contributed by atoms with van der Waals surface area (Å²) in [6.07, 6.45) is 5.90. The Bertz CT molecular complexity index is 405. The molecule has 2 heteroatoms. The van der Waals surface area contributed by atoms with E-state index in [4.69, 9.17) is 0 Å². The van der Waals surface area contributed by atoms with Crippen LogP contribution in [0.3, 0.4) is 0 Å². The maximum atomic E-state index is 3.40. The van der Waals surface area contributed by atoms with Gasteiger partial charge in [-0.3, -0.25) is 0 Å². The molecule has 0 amide bonds. The Hall–Kier alpha value is -1.12. The predicted molar refractivity (Wildman–Crippen MR) is 72.1 cm³/mol. The summed E-state index contributed by atoms with van der Waals surface area (Å²) < 4.78 is 0. The lowest BCUT2D eigenvalue weighted by atomic mass is 9.97. The first-order valence-corrected chi connectivity index (χ1v) is 6.64. The summed E-state index contributed by atoms with van der Waals surface area (Å²) in [6.45, 7) is 5.94. The molecule has 1 fully saturated rings. The minimum atomic E-state index is 0.640. The van der Waals surface area contributed by atoms with Crippen LogP contribution >= 0.6 is 0 Å². The molecule has 0 radical (unpaired) electrons. The van der Waals surface area contributed by atoms with Crippen molar-refractivity contribution in [3.63, 3.8) is 0 Å². The van der Waals surface area contributed by atoms with E-state index in [1.165, 1.54) is 37.2 Å². The van der Waals surface area contributed by atoms with Crippen molar-refractivity contribution < 1.29 is 0 Å². The van der Waals surface area contributed by atoms with Crippen LogP contribution in [-0.4, -0.2) is 37.6 Å². The number of fused-ring (bicyclic) bond motifs is 1. The number of nitrogens with zero attached hydrogens (tertiary/aromatic N) is 1. The van der Waals surface area contributed by atoms with Crippen molar-refractivity contribution >= 4 is 6.08 Å². The Morgan fingerprint density at radius 3 is 2.88 bits per heavy atom. The molecule has 1 aromatic rings. The van der Waals surface area contributed by atoms with Gasteiger partial charge < -0.3 is 10.2 Å². The highest BCUT2D eigenvalue weighted by Gasteiger charge is 2.18. The van der Waals surface area contributed by atoms with Gasteiger partial charge in [0.15, 0.2) is 0 Å². The van der Waals surface area contributed by atoms with Crippen LogP contribution in [0.2, 0.25) is 0 Å². The van der Waals surface area contributed by atoms with E-state index < -0.39 is 0 Å². The summed E-state index contributed by atoms with van der Waals surface area (Å²) in [4.78, 5) is 2.57. The first-order chi connectivity index (χ1) is 8.43. The van der Waals surface area contributed by atoms with Crippen molar-refractivity contribution in [2.24, 2.45) is 0 Å². The van der Waals surface area contributed by atoms with Crippen molar-refractivity contribution in [2.45, 2.75) is 12.3 Å². The molecule has 1 aromatic carbocycles. The molecular weight excluding hydrogens is 208 g/mol. The summed E-state index contributed by atoms with van der Waals surface area (Å²) in [5.41, 5.74) is 2.93. The van der Waals surface area contributed by atoms with Gasteiger partial charge in [0, 0.05) is 32.1 Å². The molecule has 1 heterocycles. The first-order valence-electron chi connectivity index (χ1n) is 6.64. The topological polar surface area (TPSA) is 15.3 Å². The fourth-order valence-corrected chi connectivity index (χ4v) is 2.83. The molecule has 0 bridgehead atoms. The molecule has 0 aromatic heterocycles.